The van der Waals surface area contributed by atoms with Gasteiger partial charge in [-0.15, -0.1) is 0 Å². The lowest BCUT2D eigenvalue weighted by Crippen LogP contribution is -1.99. The standard InChI is InChI=1S/C16H11N7.C15H13N7/c17-5-3-11-1-2-14(19-7-11)23-9-12(8-22-23)13-4-6-18-16-15(13)20-10-21-16;16-5-3-10-1-2-13(20-7-10)22-9-11(8-21-22)12-4-6-19-15(18)14(12)17/h1-2,4,6-10H,3H2,(H,18,20,21);1-2,4,6-9H,3,17H2,(H2,18,19). The van der Waals surface area contributed by atoms with Crippen LogP contribution in [0.15, 0.2) is 92.3 Å². The monoisotopic (exact) mass is 592 g/mol. The third-order valence-corrected chi connectivity index (χ3v) is 6.79. The van der Waals surface area contributed by atoms with Crippen LogP contribution < -0.4 is 11.5 Å². The maximum absolute atomic E-state index is 8.70. The molecule has 0 atom stereocenters. The quantitative estimate of drug-likeness (QED) is 0.252. The number of hydrogen-bond donors (Lipinski definition) is 3. The van der Waals surface area contributed by atoms with Gasteiger partial charge >= 0.3 is 0 Å². The van der Waals surface area contributed by atoms with Gasteiger partial charge in [0.05, 0.1) is 54.9 Å². The fraction of sp³-hybridized carbons (Fsp3) is 0.0645. The number of aromatic amines is 1. The molecule has 0 aliphatic rings. The number of nitrogen functional groups attached to an aromatic ring is 2. The van der Waals surface area contributed by atoms with E-state index in [-0.39, 0.29) is 0 Å². The maximum atomic E-state index is 8.70. The van der Waals surface area contributed by atoms with Crippen LogP contribution in [0.2, 0.25) is 0 Å². The first-order valence-corrected chi connectivity index (χ1v) is 13.6. The summed E-state index contributed by atoms with van der Waals surface area (Å²) in [6.07, 6.45) is 16.2. The van der Waals surface area contributed by atoms with E-state index in [2.05, 4.69) is 52.2 Å². The van der Waals surface area contributed by atoms with E-state index in [0.29, 0.717) is 41.6 Å². The molecule has 0 fully saturated rings. The summed E-state index contributed by atoms with van der Waals surface area (Å²) in [6, 6.07) is 15.3. The molecule has 14 nitrogen and oxygen atoms in total. The molecule has 0 unspecified atom stereocenters. The minimum Gasteiger partial charge on any atom is -0.395 e. The number of H-pyrrole nitrogens is 1. The van der Waals surface area contributed by atoms with Crippen molar-refractivity contribution < 1.29 is 0 Å². The molecule has 218 valence electrons. The zero-order valence-electron chi connectivity index (χ0n) is 23.6. The summed E-state index contributed by atoms with van der Waals surface area (Å²) in [4.78, 5) is 24.1. The second-order valence-corrected chi connectivity index (χ2v) is 9.68. The molecule has 0 aromatic carbocycles. The summed E-state index contributed by atoms with van der Waals surface area (Å²) in [5, 5.41) is 26.0. The highest BCUT2D eigenvalue weighted by Gasteiger charge is 2.11. The lowest BCUT2D eigenvalue weighted by molar-refractivity contribution is 0.844. The second-order valence-electron chi connectivity index (χ2n) is 9.68. The molecule has 7 rings (SSSR count). The summed E-state index contributed by atoms with van der Waals surface area (Å²) in [5.41, 5.74) is 18.9. The minimum atomic E-state index is 0.296. The highest BCUT2D eigenvalue weighted by molar-refractivity contribution is 5.89. The molecule has 14 heteroatoms. The summed E-state index contributed by atoms with van der Waals surface area (Å²) in [6.45, 7) is 0. The summed E-state index contributed by atoms with van der Waals surface area (Å²) < 4.78 is 3.34. The second kappa shape index (κ2) is 12.5. The normalized spacial score (nSPS) is 10.5. The number of aromatic nitrogens is 10. The first-order valence-electron chi connectivity index (χ1n) is 13.6. The van der Waals surface area contributed by atoms with Gasteiger partial charge in [-0.05, 0) is 35.4 Å². The van der Waals surface area contributed by atoms with Crippen LogP contribution in [0.4, 0.5) is 11.5 Å². The topological polar surface area (TPSA) is 216 Å². The Morgan fingerprint density at radius 1 is 0.667 bits per heavy atom. The van der Waals surface area contributed by atoms with Crippen LogP contribution in [-0.2, 0) is 12.8 Å². The predicted molar refractivity (Wildman–Crippen MR) is 166 cm³/mol. The van der Waals surface area contributed by atoms with E-state index in [1.54, 1.807) is 58.9 Å². The van der Waals surface area contributed by atoms with Gasteiger partial charge in [-0.2, -0.15) is 20.7 Å². The van der Waals surface area contributed by atoms with Crippen LogP contribution in [0.1, 0.15) is 11.1 Å². The van der Waals surface area contributed by atoms with Gasteiger partial charge in [0, 0.05) is 59.4 Å². The Morgan fingerprint density at radius 2 is 1.24 bits per heavy atom. The fourth-order valence-electron chi connectivity index (χ4n) is 4.50. The van der Waals surface area contributed by atoms with Crippen LogP contribution in [0, 0.1) is 22.7 Å². The van der Waals surface area contributed by atoms with E-state index in [1.165, 1.54) is 0 Å². The lowest BCUT2D eigenvalue weighted by Gasteiger charge is -2.04. The summed E-state index contributed by atoms with van der Waals surface area (Å²) >= 11 is 0. The molecule has 7 heterocycles. The Morgan fingerprint density at radius 3 is 1.82 bits per heavy atom. The van der Waals surface area contributed by atoms with E-state index < -0.39 is 0 Å². The maximum Gasteiger partial charge on any atom is 0.178 e. The number of nitrogens with two attached hydrogens (primary N) is 2. The average molecular weight is 593 g/mol. The van der Waals surface area contributed by atoms with Crippen molar-refractivity contribution in [2.24, 2.45) is 0 Å². The molecule has 0 bridgehead atoms. The molecule has 7 aromatic heterocycles. The van der Waals surface area contributed by atoms with Gasteiger partial charge in [0.2, 0.25) is 0 Å². The van der Waals surface area contributed by atoms with E-state index in [0.717, 1.165) is 38.9 Å². The molecular formula is C31H24N14. The van der Waals surface area contributed by atoms with E-state index >= 15 is 0 Å². The van der Waals surface area contributed by atoms with Crippen LogP contribution >= 0.6 is 0 Å². The number of fused-ring (bicyclic) bond motifs is 1. The van der Waals surface area contributed by atoms with E-state index in [4.69, 9.17) is 22.0 Å². The van der Waals surface area contributed by atoms with Gasteiger partial charge in [-0.25, -0.2) is 34.3 Å². The molecule has 7 aromatic rings. The Bertz CT molecular complexity index is 2160. The number of nitriles is 2. The molecule has 0 spiro atoms. The van der Waals surface area contributed by atoms with Gasteiger partial charge in [0.1, 0.15) is 5.82 Å². The van der Waals surface area contributed by atoms with E-state index in [1.807, 2.05) is 42.7 Å². The van der Waals surface area contributed by atoms with Crippen molar-refractivity contribution in [3.8, 4) is 46.0 Å². The van der Waals surface area contributed by atoms with Crippen LogP contribution in [0.25, 0.3) is 45.1 Å². The van der Waals surface area contributed by atoms with Crippen LogP contribution in [0.5, 0.6) is 0 Å². The molecule has 0 saturated heterocycles. The van der Waals surface area contributed by atoms with Crippen molar-refractivity contribution in [3.63, 3.8) is 0 Å². The lowest BCUT2D eigenvalue weighted by atomic mass is 10.1. The number of pyridine rings is 4. The predicted octanol–water partition coefficient (Wildman–Crippen LogP) is 3.83. The zero-order chi connectivity index (χ0) is 31.2. The third kappa shape index (κ3) is 6.01. The SMILES string of the molecule is N#CCc1ccc(-n2cc(-c3ccnc(N)c3N)cn2)nc1.N#CCc1ccc(-n2cc(-c3ccnc4nc[nH]c34)cn2)nc1. The van der Waals surface area contributed by atoms with E-state index in [9.17, 15) is 0 Å². The first kappa shape index (κ1) is 28.2. The van der Waals surface area contributed by atoms with Crippen molar-refractivity contribution in [2.75, 3.05) is 11.5 Å². The van der Waals surface area contributed by atoms with Gasteiger partial charge in [0.15, 0.2) is 17.3 Å². The number of rotatable bonds is 6. The highest BCUT2D eigenvalue weighted by Crippen LogP contribution is 2.29. The molecule has 45 heavy (non-hydrogen) atoms. The first-order chi connectivity index (χ1) is 22.0. The van der Waals surface area contributed by atoms with Crippen LogP contribution in [0.3, 0.4) is 0 Å². The van der Waals surface area contributed by atoms with Crippen molar-refractivity contribution in [1.29, 1.82) is 10.5 Å². The molecular weight excluding hydrogens is 568 g/mol. The molecule has 0 amide bonds. The molecule has 5 N–H and O–H groups in total. The Labute approximate surface area is 256 Å². The average Bonchev–Trinajstić information content (AvgIpc) is 3.85. The third-order valence-electron chi connectivity index (χ3n) is 6.79. The van der Waals surface area contributed by atoms with Crippen molar-refractivity contribution >= 4 is 22.7 Å². The number of hydrogen-bond acceptors (Lipinski definition) is 11. The molecule has 0 saturated carbocycles. The van der Waals surface area contributed by atoms with Crippen molar-refractivity contribution in [2.45, 2.75) is 12.8 Å². The number of anilines is 2. The summed E-state index contributed by atoms with van der Waals surface area (Å²) in [7, 11) is 0. The van der Waals surface area contributed by atoms with Gasteiger partial charge < -0.3 is 16.5 Å². The minimum absolute atomic E-state index is 0.296. The smallest absolute Gasteiger partial charge is 0.178 e. The molecule has 0 aliphatic heterocycles. The molecule has 0 radical (unpaired) electrons. The van der Waals surface area contributed by atoms with Gasteiger partial charge in [-0.3, -0.25) is 0 Å². The highest BCUT2D eigenvalue weighted by atomic mass is 15.3. The Hall–Kier alpha value is -6.93. The fourth-order valence-corrected chi connectivity index (χ4v) is 4.50. The largest absolute Gasteiger partial charge is 0.395 e. The number of nitrogens with one attached hydrogen (secondary N) is 1. The zero-order valence-corrected chi connectivity index (χ0v) is 23.6. The summed E-state index contributed by atoms with van der Waals surface area (Å²) in [5.74, 6) is 1.66. The van der Waals surface area contributed by atoms with Gasteiger partial charge in [0.25, 0.3) is 0 Å². The molecule has 0 aliphatic carbocycles. The van der Waals surface area contributed by atoms with Crippen molar-refractivity contribution in [1.82, 2.24) is 49.5 Å². The Balaban J connectivity index is 0.000000159. The Kier molecular flexibility index (Phi) is 7.85. The number of nitrogens with zero attached hydrogens (tertiary/aromatic N) is 11. The van der Waals surface area contributed by atoms with Gasteiger partial charge in [-0.1, -0.05) is 12.1 Å². The number of imidazole rings is 1. The van der Waals surface area contributed by atoms with Crippen molar-refractivity contribution in [3.05, 3.63) is 103 Å². The van der Waals surface area contributed by atoms with Crippen LogP contribution in [-0.4, -0.2) is 49.5 Å².